The zero-order chi connectivity index (χ0) is 17.9. The van der Waals surface area contributed by atoms with Gasteiger partial charge in [0.25, 0.3) is 0 Å². The molecule has 0 radical (unpaired) electrons. The minimum absolute atomic E-state index is 0.316. The minimum Gasteiger partial charge on any atom is -0.472 e. The summed E-state index contributed by atoms with van der Waals surface area (Å²) in [7, 11) is 0. The molecule has 1 aromatic carbocycles. The third-order valence-electron chi connectivity index (χ3n) is 3.83. The van der Waals surface area contributed by atoms with Gasteiger partial charge in [0, 0.05) is 11.1 Å². The molecule has 26 heavy (non-hydrogen) atoms. The van der Waals surface area contributed by atoms with Crippen LogP contribution in [0.15, 0.2) is 70.9 Å². The Bertz CT molecular complexity index is 1060. The van der Waals surface area contributed by atoms with Gasteiger partial charge in [-0.25, -0.2) is 4.98 Å². The largest absolute Gasteiger partial charge is 0.472 e. The van der Waals surface area contributed by atoms with Gasteiger partial charge in [0.2, 0.25) is 5.88 Å². The summed E-state index contributed by atoms with van der Waals surface area (Å²) in [6.07, 6.45) is 3.23. The summed E-state index contributed by atoms with van der Waals surface area (Å²) in [6.45, 7) is 0. The Kier molecular flexibility index (Phi) is 4.14. The van der Waals surface area contributed by atoms with Crippen LogP contribution < -0.4 is 10.5 Å². The van der Waals surface area contributed by atoms with Gasteiger partial charge < -0.3 is 14.9 Å². The average Bonchev–Trinajstić information content (AvgIpc) is 3.38. The number of benzene rings is 1. The molecule has 0 aliphatic heterocycles. The fraction of sp³-hybridized carbons (Fsp3) is 0. The number of anilines is 1. The standard InChI is InChI=1S/C20H13N3O2S/c21-11-13-3-5-15(6-4-13)25-20-19(22)16(14-7-8-24-12-14)10-17(23-20)18-2-1-9-26-18/h1-10,12H,22H2. The van der Waals surface area contributed by atoms with Crippen LogP contribution in [0.4, 0.5) is 5.69 Å². The normalized spacial score (nSPS) is 10.4. The lowest BCUT2D eigenvalue weighted by molar-refractivity contribution is 0.466. The van der Waals surface area contributed by atoms with E-state index in [1.54, 1.807) is 48.1 Å². The molecule has 126 valence electrons. The third kappa shape index (κ3) is 3.04. The fourth-order valence-electron chi connectivity index (χ4n) is 2.53. The molecule has 0 saturated carbocycles. The fourth-order valence-corrected chi connectivity index (χ4v) is 3.21. The van der Waals surface area contributed by atoms with E-state index in [0.717, 1.165) is 21.7 Å². The van der Waals surface area contributed by atoms with Crippen LogP contribution >= 0.6 is 11.3 Å². The van der Waals surface area contributed by atoms with E-state index in [-0.39, 0.29) is 0 Å². The Morgan fingerprint density at radius 2 is 2.00 bits per heavy atom. The molecule has 0 amide bonds. The van der Waals surface area contributed by atoms with Crippen molar-refractivity contribution in [3.63, 3.8) is 0 Å². The van der Waals surface area contributed by atoms with Gasteiger partial charge in [-0.05, 0) is 47.8 Å². The highest BCUT2D eigenvalue weighted by atomic mass is 32.1. The zero-order valence-corrected chi connectivity index (χ0v) is 14.4. The number of thiophene rings is 1. The number of hydrogen-bond donors (Lipinski definition) is 1. The van der Waals surface area contributed by atoms with Gasteiger partial charge in [0.05, 0.1) is 34.7 Å². The highest BCUT2D eigenvalue weighted by molar-refractivity contribution is 7.13. The summed E-state index contributed by atoms with van der Waals surface area (Å²) in [4.78, 5) is 5.60. The van der Waals surface area contributed by atoms with Gasteiger partial charge in [0.15, 0.2) is 0 Å². The molecule has 0 bridgehead atoms. The maximum Gasteiger partial charge on any atom is 0.243 e. The maximum absolute atomic E-state index is 8.92. The van der Waals surface area contributed by atoms with E-state index in [4.69, 9.17) is 20.1 Å². The van der Waals surface area contributed by atoms with E-state index in [0.29, 0.717) is 22.9 Å². The summed E-state index contributed by atoms with van der Waals surface area (Å²) in [6, 6.07) is 16.6. The van der Waals surface area contributed by atoms with Crippen molar-refractivity contribution in [2.75, 3.05) is 5.73 Å². The predicted molar refractivity (Wildman–Crippen MR) is 101 cm³/mol. The lowest BCUT2D eigenvalue weighted by Crippen LogP contribution is -1.99. The lowest BCUT2D eigenvalue weighted by Gasteiger charge is -2.13. The summed E-state index contributed by atoms with van der Waals surface area (Å²) in [5.41, 5.74) is 9.73. The van der Waals surface area contributed by atoms with Crippen LogP contribution in [-0.2, 0) is 0 Å². The number of ether oxygens (including phenoxy) is 1. The van der Waals surface area contributed by atoms with E-state index >= 15 is 0 Å². The number of hydrogen-bond acceptors (Lipinski definition) is 6. The molecule has 3 heterocycles. The number of aromatic nitrogens is 1. The summed E-state index contributed by atoms with van der Waals surface area (Å²) >= 11 is 1.59. The van der Waals surface area contributed by atoms with Gasteiger partial charge in [-0.15, -0.1) is 11.3 Å². The second-order valence-corrected chi connectivity index (χ2v) is 6.45. The number of nitrogens with zero attached hydrogens (tertiary/aromatic N) is 2. The van der Waals surface area contributed by atoms with Crippen LogP contribution in [0.5, 0.6) is 11.6 Å². The molecule has 0 saturated heterocycles. The first-order valence-corrected chi connectivity index (χ1v) is 8.67. The molecule has 0 fully saturated rings. The van der Waals surface area contributed by atoms with Crippen molar-refractivity contribution < 1.29 is 9.15 Å². The molecule has 3 aromatic heterocycles. The van der Waals surface area contributed by atoms with Gasteiger partial charge in [-0.3, -0.25) is 0 Å². The van der Waals surface area contributed by atoms with E-state index < -0.39 is 0 Å². The molecule has 6 heteroatoms. The molecule has 0 atom stereocenters. The van der Waals surface area contributed by atoms with Crippen molar-refractivity contribution >= 4 is 17.0 Å². The highest BCUT2D eigenvalue weighted by Crippen LogP contribution is 2.38. The first-order valence-electron chi connectivity index (χ1n) is 7.79. The number of furan rings is 1. The average molecular weight is 359 g/mol. The number of rotatable bonds is 4. The highest BCUT2D eigenvalue weighted by Gasteiger charge is 2.16. The topological polar surface area (TPSA) is 85.1 Å². The minimum atomic E-state index is 0.316. The van der Waals surface area contributed by atoms with Crippen LogP contribution in [0.1, 0.15) is 5.56 Å². The quantitative estimate of drug-likeness (QED) is 0.533. The van der Waals surface area contributed by atoms with Gasteiger partial charge >= 0.3 is 0 Å². The van der Waals surface area contributed by atoms with Crippen LogP contribution in [-0.4, -0.2) is 4.98 Å². The molecule has 0 aliphatic carbocycles. The van der Waals surface area contributed by atoms with Crippen molar-refractivity contribution in [3.8, 4) is 39.4 Å². The monoisotopic (exact) mass is 359 g/mol. The van der Waals surface area contributed by atoms with Crippen molar-refractivity contribution in [1.29, 1.82) is 5.26 Å². The molecule has 0 unspecified atom stereocenters. The second kappa shape index (κ2) is 6.75. The van der Waals surface area contributed by atoms with E-state index in [1.807, 2.05) is 29.6 Å². The Morgan fingerprint density at radius 3 is 2.65 bits per heavy atom. The van der Waals surface area contributed by atoms with Gasteiger partial charge in [-0.2, -0.15) is 5.26 Å². The molecule has 5 nitrogen and oxygen atoms in total. The van der Waals surface area contributed by atoms with E-state index in [9.17, 15) is 0 Å². The Hall–Kier alpha value is -3.56. The van der Waals surface area contributed by atoms with Crippen LogP contribution in [0.2, 0.25) is 0 Å². The van der Waals surface area contributed by atoms with Crippen molar-refractivity contribution in [3.05, 3.63) is 72.0 Å². The van der Waals surface area contributed by atoms with E-state index in [2.05, 4.69) is 11.1 Å². The third-order valence-corrected chi connectivity index (χ3v) is 4.72. The summed E-state index contributed by atoms with van der Waals surface area (Å²) < 4.78 is 11.1. The molecular weight excluding hydrogens is 346 g/mol. The Balaban J connectivity index is 1.80. The van der Waals surface area contributed by atoms with Gasteiger partial charge in [0.1, 0.15) is 11.4 Å². The summed E-state index contributed by atoms with van der Waals surface area (Å²) in [5, 5.41) is 10.9. The molecule has 4 aromatic rings. The van der Waals surface area contributed by atoms with Gasteiger partial charge in [-0.1, -0.05) is 6.07 Å². The maximum atomic E-state index is 8.92. The molecular formula is C20H13N3O2S. The Labute approximate surface area is 153 Å². The van der Waals surface area contributed by atoms with Crippen LogP contribution in [0.25, 0.3) is 21.7 Å². The molecule has 0 aliphatic rings. The number of pyridine rings is 1. The second-order valence-electron chi connectivity index (χ2n) is 5.50. The van der Waals surface area contributed by atoms with E-state index in [1.165, 1.54) is 0 Å². The lowest BCUT2D eigenvalue weighted by atomic mass is 10.1. The van der Waals surface area contributed by atoms with Crippen LogP contribution in [0, 0.1) is 11.3 Å². The van der Waals surface area contributed by atoms with Crippen LogP contribution in [0.3, 0.4) is 0 Å². The van der Waals surface area contributed by atoms with Crippen molar-refractivity contribution in [2.45, 2.75) is 0 Å². The number of nitrogens with two attached hydrogens (primary N) is 1. The SMILES string of the molecule is N#Cc1ccc(Oc2nc(-c3cccs3)cc(-c3ccoc3)c2N)cc1. The first kappa shape index (κ1) is 15.9. The van der Waals surface area contributed by atoms with Crippen molar-refractivity contribution in [2.24, 2.45) is 0 Å². The zero-order valence-electron chi connectivity index (χ0n) is 13.5. The summed E-state index contributed by atoms with van der Waals surface area (Å²) in [5.74, 6) is 0.876. The van der Waals surface area contributed by atoms with Crippen molar-refractivity contribution in [1.82, 2.24) is 4.98 Å². The number of nitrogen functional groups attached to an aromatic ring is 1. The number of nitriles is 1. The molecule has 0 spiro atoms. The molecule has 2 N–H and O–H groups in total. The predicted octanol–water partition coefficient (Wildman–Crippen LogP) is 5.32. The smallest absolute Gasteiger partial charge is 0.243 e. The first-order chi connectivity index (χ1) is 12.7. The molecule has 4 rings (SSSR count). The Morgan fingerprint density at radius 1 is 1.15 bits per heavy atom.